The van der Waals surface area contributed by atoms with Crippen molar-refractivity contribution in [3.63, 3.8) is 0 Å². The van der Waals surface area contributed by atoms with Crippen molar-refractivity contribution in [2.75, 3.05) is 0 Å². The third-order valence-electron chi connectivity index (χ3n) is 1.44. The van der Waals surface area contributed by atoms with Crippen LogP contribution in [-0.4, -0.2) is 5.78 Å². The van der Waals surface area contributed by atoms with Gasteiger partial charge in [-0.25, -0.2) is 4.79 Å². The highest BCUT2D eigenvalue weighted by molar-refractivity contribution is 6.33. The van der Waals surface area contributed by atoms with Crippen LogP contribution in [0.3, 0.4) is 0 Å². The van der Waals surface area contributed by atoms with Crippen molar-refractivity contribution in [3.05, 3.63) is 32.8 Å². The number of aryl methyl sites for hydroxylation is 1. The summed E-state index contributed by atoms with van der Waals surface area (Å²) in [6.07, 6.45) is 0. The van der Waals surface area contributed by atoms with Gasteiger partial charge in [0.2, 0.25) is 0 Å². The van der Waals surface area contributed by atoms with Crippen molar-refractivity contribution < 1.29 is 9.21 Å². The van der Waals surface area contributed by atoms with Gasteiger partial charge in [-0.2, -0.15) is 0 Å². The molecule has 4 heteroatoms. The van der Waals surface area contributed by atoms with E-state index in [0.717, 1.165) is 6.07 Å². The lowest BCUT2D eigenvalue weighted by molar-refractivity contribution is 0.101. The molecule has 1 heterocycles. The van der Waals surface area contributed by atoms with Crippen LogP contribution in [0, 0.1) is 6.92 Å². The molecule has 0 amide bonds. The first-order chi connectivity index (χ1) is 5.52. The molecule has 0 bridgehead atoms. The summed E-state index contributed by atoms with van der Waals surface area (Å²) in [4.78, 5) is 21.7. The van der Waals surface area contributed by atoms with Crippen LogP contribution in [0.15, 0.2) is 15.3 Å². The van der Waals surface area contributed by atoms with E-state index in [0.29, 0.717) is 0 Å². The second-order valence-corrected chi connectivity index (χ2v) is 2.81. The number of ketones is 1. The standard InChI is InChI=1S/C8H7ClO3/c1-4(10)8-5(2)12-7(11)3-6(8)9/h3H,1-2H3. The average molecular weight is 187 g/mol. The maximum atomic E-state index is 11.0. The smallest absolute Gasteiger partial charge is 0.337 e. The van der Waals surface area contributed by atoms with E-state index in [1.165, 1.54) is 13.8 Å². The second kappa shape index (κ2) is 3.11. The highest BCUT2D eigenvalue weighted by Crippen LogP contribution is 2.17. The number of rotatable bonds is 1. The molecule has 0 atom stereocenters. The summed E-state index contributed by atoms with van der Waals surface area (Å²) in [7, 11) is 0. The van der Waals surface area contributed by atoms with Crippen LogP contribution in [0.1, 0.15) is 23.0 Å². The molecule has 0 saturated heterocycles. The molecule has 1 aromatic rings. The lowest BCUT2D eigenvalue weighted by Crippen LogP contribution is -2.05. The molecule has 0 aliphatic rings. The van der Waals surface area contributed by atoms with Gasteiger partial charge in [-0.05, 0) is 13.8 Å². The Labute approximate surface area is 74.0 Å². The largest absolute Gasteiger partial charge is 0.427 e. The zero-order chi connectivity index (χ0) is 9.30. The van der Waals surface area contributed by atoms with Gasteiger partial charge < -0.3 is 4.42 Å². The minimum absolute atomic E-state index is 0.149. The first-order valence-corrected chi connectivity index (χ1v) is 3.71. The Balaban J connectivity index is 3.48. The van der Waals surface area contributed by atoms with Crippen molar-refractivity contribution in [1.29, 1.82) is 0 Å². The quantitative estimate of drug-likeness (QED) is 0.629. The monoisotopic (exact) mass is 186 g/mol. The summed E-state index contributed by atoms with van der Waals surface area (Å²) in [5, 5.41) is 0.149. The predicted molar refractivity (Wildman–Crippen MR) is 44.7 cm³/mol. The maximum absolute atomic E-state index is 11.0. The van der Waals surface area contributed by atoms with Crippen LogP contribution in [0.25, 0.3) is 0 Å². The molecule has 0 aliphatic carbocycles. The molecule has 0 aliphatic heterocycles. The van der Waals surface area contributed by atoms with Crippen LogP contribution in [0.5, 0.6) is 0 Å². The maximum Gasteiger partial charge on any atom is 0.337 e. The topological polar surface area (TPSA) is 47.3 Å². The SMILES string of the molecule is CC(=O)c1c(Cl)cc(=O)oc1C. The first kappa shape index (κ1) is 9.00. The van der Waals surface area contributed by atoms with Crippen LogP contribution >= 0.6 is 11.6 Å². The second-order valence-electron chi connectivity index (χ2n) is 2.40. The average Bonchev–Trinajstić information content (AvgIpc) is 1.82. The van der Waals surface area contributed by atoms with Crippen molar-refractivity contribution in [1.82, 2.24) is 0 Å². The van der Waals surface area contributed by atoms with Gasteiger partial charge in [-0.1, -0.05) is 11.6 Å². The van der Waals surface area contributed by atoms with Gasteiger partial charge in [0.1, 0.15) is 5.76 Å². The molecule has 64 valence electrons. The summed E-state index contributed by atoms with van der Waals surface area (Å²) in [6.45, 7) is 2.90. The van der Waals surface area contributed by atoms with Gasteiger partial charge in [0.25, 0.3) is 0 Å². The normalized spacial score (nSPS) is 9.92. The molecular formula is C8H7ClO3. The Hall–Kier alpha value is -1.09. The Morgan fingerprint density at radius 3 is 2.58 bits per heavy atom. The molecule has 0 saturated carbocycles. The van der Waals surface area contributed by atoms with Crippen LogP contribution in [0.4, 0.5) is 0 Å². The van der Waals surface area contributed by atoms with Crippen LogP contribution in [-0.2, 0) is 0 Å². The van der Waals surface area contributed by atoms with E-state index in [1.54, 1.807) is 0 Å². The third-order valence-corrected chi connectivity index (χ3v) is 1.74. The lowest BCUT2D eigenvalue weighted by atomic mass is 10.1. The summed E-state index contributed by atoms with van der Waals surface area (Å²) in [5.74, 6) is 0.0567. The van der Waals surface area contributed by atoms with E-state index in [2.05, 4.69) is 4.42 Å². The summed E-state index contributed by atoms with van der Waals surface area (Å²) >= 11 is 5.65. The predicted octanol–water partition coefficient (Wildman–Crippen LogP) is 1.80. The van der Waals surface area contributed by atoms with E-state index in [1.807, 2.05) is 0 Å². The number of carbonyl (C=O) groups is 1. The van der Waals surface area contributed by atoms with Crippen molar-refractivity contribution in [3.8, 4) is 0 Å². The minimum Gasteiger partial charge on any atom is -0.427 e. The molecule has 0 N–H and O–H groups in total. The number of halogens is 1. The molecular weight excluding hydrogens is 180 g/mol. The van der Waals surface area contributed by atoms with Gasteiger partial charge in [-0.15, -0.1) is 0 Å². The molecule has 12 heavy (non-hydrogen) atoms. The van der Waals surface area contributed by atoms with E-state index >= 15 is 0 Å². The highest BCUT2D eigenvalue weighted by atomic mass is 35.5. The summed E-state index contributed by atoms with van der Waals surface area (Å²) in [5.41, 5.74) is -0.265. The third kappa shape index (κ3) is 1.56. The zero-order valence-corrected chi connectivity index (χ0v) is 7.44. The summed E-state index contributed by atoms with van der Waals surface area (Å²) < 4.78 is 4.69. The van der Waals surface area contributed by atoms with Crippen LogP contribution < -0.4 is 5.63 Å². The van der Waals surface area contributed by atoms with Crippen molar-refractivity contribution in [2.24, 2.45) is 0 Å². The number of Topliss-reactive ketones (excluding diaryl/α,β-unsaturated/α-hetero) is 1. The van der Waals surface area contributed by atoms with E-state index in [-0.39, 0.29) is 22.1 Å². The minimum atomic E-state index is -0.539. The summed E-state index contributed by atoms with van der Waals surface area (Å²) in [6, 6.07) is 1.09. The van der Waals surface area contributed by atoms with Gasteiger partial charge >= 0.3 is 5.63 Å². The molecule has 0 radical (unpaired) electrons. The lowest BCUT2D eigenvalue weighted by Gasteiger charge is -2.00. The first-order valence-electron chi connectivity index (χ1n) is 3.33. The highest BCUT2D eigenvalue weighted by Gasteiger charge is 2.11. The fourth-order valence-electron chi connectivity index (χ4n) is 0.991. The van der Waals surface area contributed by atoms with Crippen molar-refractivity contribution in [2.45, 2.75) is 13.8 Å². The Bertz CT molecular complexity index is 352. The number of hydrogen-bond donors (Lipinski definition) is 0. The van der Waals surface area contributed by atoms with Gasteiger partial charge in [0.05, 0.1) is 10.6 Å². The fourth-order valence-corrected chi connectivity index (χ4v) is 1.35. The molecule has 0 fully saturated rings. The number of carbonyl (C=O) groups excluding carboxylic acids is 1. The zero-order valence-electron chi connectivity index (χ0n) is 6.68. The van der Waals surface area contributed by atoms with Crippen molar-refractivity contribution >= 4 is 17.4 Å². The van der Waals surface area contributed by atoms with E-state index < -0.39 is 5.63 Å². The number of hydrogen-bond acceptors (Lipinski definition) is 3. The fraction of sp³-hybridized carbons (Fsp3) is 0.250. The Morgan fingerprint density at radius 2 is 2.17 bits per heavy atom. The molecule has 1 aromatic heterocycles. The molecule has 1 rings (SSSR count). The van der Waals surface area contributed by atoms with Gasteiger partial charge in [0, 0.05) is 6.07 Å². The Morgan fingerprint density at radius 1 is 1.58 bits per heavy atom. The molecule has 3 nitrogen and oxygen atoms in total. The Kier molecular flexibility index (Phi) is 2.33. The van der Waals surface area contributed by atoms with Gasteiger partial charge in [0.15, 0.2) is 5.78 Å². The molecule has 0 unspecified atom stereocenters. The van der Waals surface area contributed by atoms with E-state index in [9.17, 15) is 9.59 Å². The van der Waals surface area contributed by atoms with Gasteiger partial charge in [-0.3, -0.25) is 4.79 Å². The molecule has 0 aromatic carbocycles. The van der Waals surface area contributed by atoms with Crippen LogP contribution in [0.2, 0.25) is 5.02 Å². The molecule has 0 spiro atoms. The van der Waals surface area contributed by atoms with E-state index in [4.69, 9.17) is 11.6 Å².